The van der Waals surface area contributed by atoms with Crippen molar-refractivity contribution in [1.29, 1.82) is 0 Å². The van der Waals surface area contributed by atoms with Gasteiger partial charge < -0.3 is 20.1 Å². The standard InChI is InChI=1S/C14H24N2O4/c1-8(12-11(9(2)17)13(18)15-12)14(19)16-6-4-10(20-3)5-7-16/h8-12,17H,4-7H2,1-3H3,(H,15,18)/t8-,9-,11-,12-/m1/s1. The van der Waals surface area contributed by atoms with Crippen LogP contribution in [0.1, 0.15) is 26.7 Å². The summed E-state index contributed by atoms with van der Waals surface area (Å²) >= 11 is 0. The Hall–Kier alpha value is -1.14. The van der Waals surface area contributed by atoms with Gasteiger partial charge in [-0.3, -0.25) is 9.59 Å². The van der Waals surface area contributed by atoms with Crippen LogP contribution in [0.15, 0.2) is 0 Å². The Balaban J connectivity index is 1.91. The van der Waals surface area contributed by atoms with Gasteiger partial charge in [0.05, 0.1) is 30.1 Å². The second kappa shape index (κ2) is 6.10. The van der Waals surface area contributed by atoms with Crippen molar-refractivity contribution >= 4 is 11.8 Å². The number of β-lactam (4-membered cyclic amide) rings is 1. The number of piperidine rings is 1. The number of aliphatic hydroxyl groups is 1. The van der Waals surface area contributed by atoms with E-state index in [1.807, 2.05) is 11.8 Å². The van der Waals surface area contributed by atoms with Crippen LogP contribution in [0.25, 0.3) is 0 Å². The first-order chi connectivity index (χ1) is 9.45. The molecule has 6 nitrogen and oxygen atoms in total. The summed E-state index contributed by atoms with van der Waals surface area (Å²) in [5.41, 5.74) is 0. The Morgan fingerprint density at radius 1 is 1.40 bits per heavy atom. The monoisotopic (exact) mass is 284 g/mol. The largest absolute Gasteiger partial charge is 0.393 e. The molecular formula is C14H24N2O4. The molecular weight excluding hydrogens is 260 g/mol. The Kier molecular flexibility index (Phi) is 4.65. The highest BCUT2D eigenvalue weighted by molar-refractivity contribution is 5.90. The molecule has 2 N–H and O–H groups in total. The first-order valence-electron chi connectivity index (χ1n) is 7.25. The fourth-order valence-corrected chi connectivity index (χ4v) is 3.13. The van der Waals surface area contributed by atoms with Gasteiger partial charge in [-0.15, -0.1) is 0 Å². The van der Waals surface area contributed by atoms with E-state index in [-0.39, 0.29) is 29.9 Å². The molecule has 0 radical (unpaired) electrons. The van der Waals surface area contributed by atoms with Gasteiger partial charge in [0.2, 0.25) is 11.8 Å². The molecule has 0 aliphatic carbocycles. The average molecular weight is 284 g/mol. The maximum atomic E-state index is 12.5. The number of carbonyl (C=O) groups excluding carboxylic acids is 2. The summed E-state index contributed by atoms with van der Waals surface area (Å²) in [5, 5.41) is 12.4. The molecule has 2 aliphatic heterocycles. The first-order valence-corrected chi connectivity index (χ1v) is 7.25. The maximum absolute atomic E-state index is 12.5. The van der Waals surface area contributed by atoms with Gasteiger partial charge >= 0.3 is 0 Å². The molecule has 0 aromatic heterocycles. The fraction of sp³-hybridized carbons (Fsp3) is 0.857. The zero-order valence-electron chi connectivity index (χ0n) is 12.3. The molecule has 0 spiro atoms. The van der Waals surface area contributed by atoms with Crippen molar-refractivity contribution in [2.24, 2.45) is 11.8 Å². The smallest absolute Gasteiger partial charge is 0.228 e. The number of carbonyl (C=O) groups is 2. The van der Waals surface area contributed by atoms with Crippen LogP contribution >= 0.6 is 0 Å². The van der Waals surface area contributed by atoms with Gasteiger partial charge in [-0.2, -0.15) is 0 Å². The van der Waals surface area contributed by atoms with Gasteiger partial charge in [-0.05, 0) is 19.8 Å². The number of hydrogen-bond acceptors (Lipinski definition) is 4. The van der Waals surface area contributed by atoms with Crippen molar-refractivity contribution < 1.29 is 19.4 Å². The van der Waals surface area contributed by atoms with Crippen LogP contribution in [0, 0.1) is 11.8 Å². The zero-order chi connectivity index (χ0) is 14.9. The Bertz CT molecular complexity index is 377. The lowest BCUT2D eigenvalue weighted by atomic mass is 9.78. The molecule has 0 aromatic rings. The summed E-state index contributed by atoms with van der Waals surface area (Å²) < 4.78 is 5.29. The third-order valence-corrected chi connectivity index (χ3v) is 4.53. The number of amides is 2. The normalized spacial score (nSPS) is 30.4. The summed E-state index contributed by atoms with van der Waals surface area (Å²) in [4.78, 5) is 25.7. The van der Waals surface area contributed by atoms with Crippen molar-refractivity contribution in [3.05, 3.63) is 0 Å². The molecule has 0 saturated carbocycles. The van der Waals surface area contributed by atoms with E-state index in [9.17, 15) is 14.7 Å². The second-order valence-corrected chi connectivity index (χ2v) is 5.85. The number of aliphatic hydroxyl groups excluding tert-OH is 1. The Morgan fingerprint density at radius 2 is 2.00 bits per heavy atom. The highest BCUT2D eigenvalue weighted by Gasteiger charge is 2.47. The molecule has 114 valence electrons. The molecule has 2 amide bonds. The SMILES string of the molecule is COC1CCN(C(=O)[C@H](C)[C@H]2NC(=O)[C@@H]2[C@@H](C)O)CC1. The molecule has 2 rings (SSSR count). The molecule has 0 aromatic carbocycles. The lowest BCUT2D eigenvalue weighted by Crippen LogP contribution is -2.66. The van der Waals surface area contributed by atoms with Crippen molar-refractivity contribution in [2.45, 2.75) is 44.9 Å². The summed E-state index contributed by atoms with van der Waals surface area (Å²) in [7, 11) is 1.70. The van der Waals surface area contributed by atoms with Gasteiger partial charge in [0.25, 0.3) is 0 Å². The predicted molar refractivity (Wildman–Crippen MR) is 72.9 cm³/mol. The van der Waals surface area contributed by atoms with Gasteiger partial charge in [-0.25, -0.2) is 0 Å². The van der Waals surface area contributed by atoms with E-state index in [0.717, 1.165) is 12.8 Å². The molecule has 6 heteroatoms. The third-order valence-electron chi connectivity index (χ3n) is 4.53. The number of rotatable bonds is 4. The summed E-state index contributed by atoms with van der Waals surface area (Å²) in [6.07, 6.45) is 1.23. The summed E-state index contributed by atoms with van der Waals surface area (Å²) in [6, 6.07) is -0.254. The minimum atomic E-state index is -0.719. The van der Waals surface area contributed by atoms with Crippen LogP contribution in [0.3, 0.4) is 0 Å². The second-order valence-electron chi connectivity index (χ2n) is 5.85. The van der Waals surface area contributed by atoms with Crippen molar-refractivity contribution in [3.63, 3.8) is 0 Å². The van der Waals surface area contributed by atoms with Gasteiger partial charge in [0.15, 0.2) is 0 Å². The molecule has 2 heterocycles. The molecule has 2 saturated heterocycles. The van der Waals surface area contributed by atoms with E-state index in [1.54, 1.807) is 14.0 Å². The average Bonchev–Trinajstić information content (AvgIpc) is 2.42. The van der Waals surface area contributed by atoms with E-state index in [2.05, 4.69) is 5.32 Å². The predicted octanol–water partition coefficient (Wildman–Crippen LogP) is -0.245. The highest BCUT2D eigenvalue weighted by Crippen LogP contribution is 2.27. The number of nitrogens with one attached hydrogen (secondary N) is 1. The number of likely N-dealkylation sites (tertiary alicyclic amines) is 1. The van der Waals surface area contributed by atoms with Crippen molar-refractivity contribution in [2.75, 3.05) is 20.2 Å². The van der Waals surface area contributed by atoms with Crippen molar-refractivity contribution in [1.82, 2.24) is 10.2 Å². The molecule has 0 unspecified atom stereocenters. The lowest BCUT2D eigenvalue weighted by molar-refractivity contribution is -0.149. The lowest BCUT2D eigenvalue weighted by Gasteiger charge is -2.43. The highest BCUT2D eigenvalue weighted by atomic mass is 16.5. The quantitative estimate of drug-likeness (QED) is 0.698. The molecule has 2 fully saturated rings. The van der Waals surface area contributed by atoms with E-state index in [1.165, 1.54) is 0 Å². The van der Waals surface area contributed by atoms with E-state index >= 15 is 0 Å². The third kappa shape index (κ3) is 2.81. The first kappa shape index (κ1) is 15.3. The van der Waals surface area contributed by atoms with E-state index in [0.29, 0.717) is 13.1 Å². The molecule has 4 atom stereocenters. The van der Waals surface area contributed by atoms with Gasteiger partial charge in [0.1, 0.15) is 0 Å². The Labute approximate surface area is 119 Å². The van der Waals surface area contributed by atoms with Crippen LogP contribution in [0.2, 0.25) is 0 Å². The van der Waals surface area contributed by atoms with E-state index in [4.69, 9.17) is 4.74 Å². The van der Waals surface area contributed by atoms with Crippen LogP contribution in [0.5, 0.6) is 0 Å². The Morgan fingerprint density at radius 3 is 2.45 bits per heavy atom. The number of nitrogens with zero attached hydrogens (tertiary/aromatic N) is 1. The fourth-order valence-electron chi connectivity index (χ4n) is 3.13. The number of ether oxygens (including phenoxy) is 1. The summed E-state index contributed by atoms with van der Waals surface area (Å²) in [6.45, 7) is 4.81. The molecule has 20 heavy (non-hydrogen) atoms. The molecule has 0 bridgehead atoms. The van der Waals surface area contributed by atoms with E-state index < -0.39 is 12.0 Å². The van der Waals surface area contributed by atoms with Crippen molar-refractivity contribution in [3.8, 4) is 0 Å². The van der Waals surface area contributed by atoms with Gasteiger partial charge in [0, 0.05) is 20.2 Å². The molecule has 2 aliphatic rings. The number of hydrogen-bond donors (Lipinski definition) is 2. The van der Waals surface area contributed by atoms with Crippen LogP contribution in [-0.4, -0.2) is 60.3 Å². The number of methoxy groups -OCH3 is 1. The van der Waals surface area contributed by atoms with Crippen LogP contribution in [-0.2, 0) is 14.3 Å². The minimum Gasteiger partial charge on any atom is -0.393 e. The van der Waals surface area contributed by atoms with Crippen LogP contribution < -0.4 is 5.32 Å². The zero-order valence-corrected chi connectivity index (χ0v) is 12.3. The van der Waals surface area contributed by atoms with Crippen LogP contribution in [0.4, 0.5) is 0 Å². The topological polar surface area (TPSA) is 78.9 Å². The summed E-state index contributed by atoms with van der Waals surface area (Å²) in [5.74, 6) is -0.880. The minimum absolute atomic E-state index is 0.0511. The maximum Gasteiger partial charge on any atom is 0.228 e. The van der Waals surface area contributed by atoms with Gasteiger partial charge in [-0.1, -0.05) is 6.92 Å².